The number of nitriles is 1. The lowest BCUT2D eigenvalue weighted by atomic mass is 9.95. The molecule has 0 unspecified atom stereocenters. The van der Waals surface area contributed by atoms with E-state index in [4.69, 9.17) is 4.74 Å². The monoisotopic (exact) mass is 378 g/mol. The molecule has 1 amide bonds. The summed E-state index contributed by atoms with van der Waals surface area (Å²) in [7, 11) is 1.44. The van der Waals surface area contributed by atoms with E-state index in [-0.39, 0.29) is 29.0 Å². The zero-order valence-electron chi connectivity index (χ0n) is 12.9. The standard InChI is InChI=1S/C17H19BrN2O3/c1-23-15-9-11(8-14(18)16(15)21)7-12(10-19)17(22)20-13-5-3-2-4-6-13/h7-9,13,21H,2-6H2,1H3,(H,20,22)/b12-7+. The number of aromatic hydroxyl groups is 1. The van der Waals surface area contributed by atoms with E-state index in [0.717, 1.165) is 25.7 Å². The summed E-state index contributed by atoms with van der Waals surface area (Å²) in [6.07, 6.45) is 6.84. The third kappa shape index (κ3) is 4.49. The van der Waals surface area contributed by atoms with E-state index in [1.54, 1.807) is 12.1 Å². The summed E-state index contributed by atoms with van der Waals surface area (Å²) >= 11 is 3.22. The first-order valence-corrected chi connectivity index (χ1v) is 8.33. The van der Waals surface area contributed by atoms with Crippen LogP contribution in [0.3, 0.4) is 0 Å². The number of rotatable bonds is 4. The molecule has 23 heavy (non-hydrogen) atoms. The first kappa shape index (κ1) is 17.4. The molecule has 0 radical (unpaired) electrons. The van der Waals surface area contributed by atoms with Crippen molar-refractivity contribution in [3.05, 3.63) is 27.7 Å². The van der Waals surface area contributed by atoms with Gasteiger partial charge in [-0.2, -0.15) is 5.26 Å². The average molecular weight is 379 g/mol. The summed E-state index contributed by atoms with van der Waals surface area (Å²) in [5.74, 6) is -0.104. The first-order chi connectivity index (χ1) is 11.0. The summed E-state index contributed by atoms with van der Waals surface area (Å²) in [4.78, 5) is 12.3. The Hall–Kier alpha value is -2.00. The zero-order chi connectivity index (χ0) is 16.8. The van der Waals surface area contributed by atoms with E-state index < -0.39 is 0 Å². The van der Waals surface area contributed by atoms with Gasteiger partial charge in [-0.05, 0) is 52.5 Å². The molecule has 1 saturated carbocycles. The largest absolute Gasteiger partial charge is 0.503 e. The van der Waals surface area contributed by atoms with Gasteiger partial charge in [0.25, 0.3) is 5.91 Å². The number of phenolic OH excluding ortho intramolecular Hbond substituents is 1. The quantitative estimate of drug-likeness (QED) is 0.620. The van der Waals surface area contributed by atoms with Crippen molar-refractivity contribution >= 4 is 27.9 Å². The number of methoxy groups -OCH3 is 1. The van der Waals surface area contributed by atoms with Gasteiger partial charge in [-0.3, -0.25) is 4.79 Å². The van der Waals surface area contributed by atoms with Crippen LogP contribution in [0.2, 0.25) is 0 Å². The van der Waals surface area contributed by atoms with Crippen molar-refractivity contribution in [1.29, 1.82) is 5.26 Å². The van der Waals surface area contributed by atoms with Gasteiger partial charge < -0.3 is 15.2 Å². The second-order valence-corrected chi connectivity index (χ2v) is 6.39. The van der Waals surface area contributed by atoms with Gasteiger partial charge in [-0.1, -0.05) is 19.3 Å². The lowest BCUT2D eigenvalue weighted by Crippen LogP contribution is -2.36. The third-order valence-electron chi connectivity index (χ3n) is 3.89. The molecule has 0 aliphatic heterocycles. The highest BCUT2D eigenvalue weighted by Crippen LogP contribution is 2.35. The van der Waals surface area contributed by atoms with E-state index in [0.29, 0.717) is 10.0 Å². The van der Waals surface area contributed by atoms with Crippen LogP contribution in [0.25, 0.3) is 6.08 Å². The molecule has 1 aromatic carbocycles. The van der Waals surface area contributed by atoms with Crippen LogP contribution >= 0.6 is 15.9 Å². The predicted octanol–water partition coefficient (Wildman–Crippen LogP) is 3.52. The lowest BCUT2D eigenvalue weighted by Gasteiger charge is -2.22. The minimum Gasteiger partial charge on any atom is -0.503 e. The third-order valence-corrected chi connectivity index (χ3v) is 4.49. The summed E-state index contributed by atoms with van der Waals surface area (Å²) in [6.45, 7) is 0. The topological polar surface area (TPSA) is 82.3 Å². The van der Waals surface area contributed by atoms with Gasteiger partial charge in [0.2, 0.25) is 0 Å². The smallest absolute Gasteiger partial charge is 0.262 e. The van der Waals surface area contributed by atoms with Crippen molar-refractivity contribution < 1.29 is 14.6 Å². The van der Waals surface area contributed by atoms with Gasteiger partial charge in [0.15, 0.2) is 11.5 Å². The molecule has 0 heterocycles. The fourth-order valence-electron chi connectivity index (χ4n) is 2.66. The molecule has 122 valence electrons. The number of hydrogen-bond donors (Lipinski definition) is 2. The van der Waals surface area contributed by atoms with Crippen molar-refractivity contribution in [3.63, 3.8) is 0 Å². The molecule has 2 N–H and O–H groups in total. The van der Waals surface area contributed by atoms with Crippen LogP contribution in [-0.4, -0.2) is 24.2 Å². The lowest BCUT2D eigenvalue weighted by molar-refractivity contribution is -0.117. The Morgan fingerprint density at radius 2 is 2.13 bits per heavy atom. The fraction of sp³-hybridized carbons (Fsp3) is 0.412. The molecule has 1 aromatic rings. The highest BCUT2D eigenvalue weighted by atomic mass is 79.9. The van der Waals surface area contributed by atoms with Crippen molar-refractivity contribution in [3.8, 4) is 17.6 Å². The molecule has 0 spiro atoms. The first-order valence-electron chi connectivity index (χ1n) is 7.54. The average Bonchev–Trinajstić information content (AvgIpc) is 2.56. The zero-order valence-corrected chi connectivity index (χ0v) is 14.5. The van der Waals surface area contributed by atoms with Crippen molar-refractivity contribution in [1.82, 2.24) is 5.32 Å². The summed E-state index contributed by atoms with van der Waals surface area (Å²) in [5.41, 5.74) is 0.636. The summed E-state index contributed by atoms with van der Waals surface area (Å²) < 4.78 is 5.51. The maximum atomic E-state index is 12.3. The molecule has 0 aromatic heterocycles. The Balaban J connectivity index is 2.19. The summed E-state index contributed by atoms with van der Waals surface area (Å²) in [5, 5.41) is 22.0. The number of hydrogen-bond acceptors (Lipinski definition) is 4. The highest BCUT2D eigenvalue weighted by Gasteiger charge is 2.18. The SMILES string of the molecule is COc1cc(/C=C(\C#N)C(=O)NC2CCCCC2)cc(Br)c1O. The Bertz CT molecular complexity index is 659. The number of ether oxygens (including phenoxy) is 1. The van der Waals surface area contributed by atoms with E-state index in [9.17, 15) is 15.2 Å². The van der Waals surface area contributed by atoms with Crippen LogP contribution in [0, 0.1) is 11.3 Å². The Morgan fingerprint density at radius 3 is 2.74 bits per heavy atom. The number of carbonyl (C=O) groups is 1. The second-order valence-electron chi connectivity index (χ2n) is 5.53. The Labute approximate surface area is 144 Å². The van der Waals surface area contributed by atoms with Crippen LogP contribution < -0.4 is 10.1 Å². The van der Waals surface area contributed by atoms with Crippen molar-refractivity contribution in [2.45, 2.75) is 38.1 Å². The van der Waals surface area contributed by atoms with Gasteiger partial charge >= 0.3 is 0 Å². The number of amides is 1. The van der Waals surface area contributed by atoms with Crippen molar-refractivity contribution in [2.75, 3.05) is 7.11 Å². The van der Waals surface area contributed by atoms with Crippen LogP contribution in [0.5, 0.6) is 11.5 Å². The maximum absolute atomic E-state index is 12.3. The van der Waals surface area contributed by atoms with Gasteiger partial charge in [0.05, 0.1) is 11.6 Å². The van der Waals surface area contributed by atoms with Crippen LogP contribution in [0.15, 0.2) is 22.2 Å². The normalized spacial score (nSPS) is 15.8. The fourth-order valence-corrected chi connectivity index (χ4v) is 3.12. The van der Waals surface area contributed by atoms with Gasteiger partial charge in [-0.25, -0.2) is 0 Å². The molecular weight excluding hydrogens is 360 g/mol. The van der Waals surface area contributed by atoms with Crippen LogP contribution in [0.1, 0.15) is 37.7 Å². The number of phenols is 1. The van der Waals surface area contributed by atoms with E-state index in [1.807, 2.05) is 6.07 Å². The number of carbonyl (C=O) groups excluding carboxylic acids is 1. The molecule has 1 aliphatic rings. The van der Waals surface area contributed by atoms with E-state index in [1.165, 1.54) is 19.6 Å². The van der Waals surface area contributed by atoms with Gasteiger partial charge in [0.1, 0.15) is 11.6 Å². The van der Waals surface area contributed by atoms with E-state index >= 15 is 0 Å². The molecule has 1 aliphatic carbocycles. The van der Waals surface area contributed by atoms with Gasteiger partial charge in [0, 0.05) is 6.04 Å². The van der Waals surface area contributed by atoms with Gasteiger partial charge in [-0.15, -0.1) is 0 Å². The second kappa shape index (κ2) is 8.02. The molecular formula is C17H19BrN2O3. The molecule has 6 heteroatoms. The molecule has 0 saturated heterocycles. The minimum atomic E-state index is -0.359. The van der Waals surface area contributed by atoms with E-state index in [2.05, 4.69) is 21.2 Å². The molecule has 0 bridgehead atoms. The minimum absolute atomic E-state index is 0.0187. The van der Waals surface area contributed by atoms with Crippen LogP contribution in [-0.2, 0) is 4.79 Å². The van der Waals surface area contributed by atoms with Crippen LogP contribution in [0.4, 0.5) is 0 Å². The molecule has 0 atom stereocenters. The Kier molecular flexibility index (Phi) is 6.05. The van der Waals surface area contributed by atoms with Crippen molar-refractivity contribution in [2.24, 2.45) is 0 Å². The molecule has 2 rings (SSSR count). The number of benzene rings is 1. The highest BCUT2D eigenvalue weighted by molar-refractivity contribution is 9.10. The predicted molar refractivity (Wildman–Crippen MR) is 91.0 cm³/mol. The number of nitrogens with zero attached hydrogens (tertiary/aromatic N) is 1. The Morgan fingerprint density at radius 1 is 1.43 bits per heavy atom. The summed E-state index contributed by atoms with van der Waals surface area (Å²) in [6, 6.07) is 5.29. The number of halogens is 1. The molecule has 1 fully saturated rings. The maximum Gasteiger partial charge on any atom is 0.262 e. The number of nitrogens with one attached hydrogen (secondary N) is 1. The molecule has 5 nitrogen and oxygen atoms in total.